The van der Waals surface area contributed by atoms with Crippen molar-refractivity contribution in [2.24, 2.45) is 0 Å². The number of allylic oxidation sites excluding steroid dienone is 1. The molecule has 0 fully saturated rings. The van der Waals surface area contributed by atoms with E-state index in [0.29, 0.717) is 0 Å². The summed E-state index contributed by atoms with van der Waals surface area (Å²) in [7, 11) is 3.79. The van der Waals surface area contributed by atoms with Crippen LogP contribution in [0.4, 0.5) is 0 Å². The Kier molecular flexibility index (Phi) is 3.98. The Morgan fingerprint density at radius 3 is 2.33 bits per heavy atom. The number of nitriles is 1. The van der Waals surface area contributed by atoms with Crippen LogP contribution in [0.3, 0.4) is 0 Å². The normalized spacial score (nSPS) is 10.7. The zero-order valence-corrected chi connectivity index (χ0v) is 6.70. The lowest BCUT2D eigenvalue weighted by Gasteiger charge is -2.03. The fourth-order valence-electron chi connectivity index (χ4n) is 0.362. The summed E-state index contributed by atoms with van der Waals surface area (Å²) in [5, 5.41) is 8.41. The fourth-order valence-corrected chi connectivity index (χ4v) is 0.769. The van der Waals surface area contributed by atoms with Gasteiger partial charge in [0.2, 0.25) is 0 Å². The molecule has 0 aromatic heterocycles. The Bertz CT molecular complexity index is 144. The standard InChI is InChI=1S/C6H10N2S/c1-8(2)5-6(4-7)9-3/h5H,1-3H3/b6-5-. The minimum Gasteiger partial charge on any atom is -0.382 e. The molecular formula is C6H10N2S. The lowest BCUT2D eigenvalue weighted by molar-refractivity contribution is 0.563. The first-order chi connectivity index (χ1) is 4.20. The Morgan fingerprint density at radius 1 is 1.67 bits per heavy atom. The van der Waals surface area contributed by atoms with Crippen molar-refractivity contribution < 1.29 is 0 Å². The highest BCUT2D eigenvalue weighted by Crippen LogP contribution is 2.08. The van der Waals surface area contributed by atoms with Gasteiger partial charge in [-0.2, -0.15) is 5.26 Å². The topological polar surface area (TPSA) is 27.0 Å². The predicted molar refractivity (Wildman–Crippen MR) is 40.9 cm³/mol. The van der Waals surface area contributed by atoms with Gasteiger partial charge in [0.15, 0.2) is 0 Å². The third-order valence-corrected chi connectivity index (χ3v) is 1.34. The lowest BCUT2D eigenvalue weighted by atomic mass is 10.6. The van der Waals surface area contributed by atoms with Gasteiger partial charge in [-0.05, 0) is 6.26 Å². The number of hydrogen-bond donors (Lipinski definition) is 0. The minimum absolute atomic E-state index is 0.736. The second-order valence-electron chi connectivity index (χ2n) is 1.77. The van der Waals surface area contributed by atoms with Gasteiger partial charge >= 0.3 is 0 Å². The van der Waals surface area contributed by atoms with E-state index in [9.17, 15) is 0 Å². The lowest BCUT2D eigenvalue weighted by Crippen LogP contribution is -2.01. The molecule has 0 aromatic rings. The summed E-state index contributed by atoms with van der Waals surface area (Å²) in [5.41, 5.74) is 0. The van der Waals surface area contributed by atoms with Gasteiger partial charge in [-0.15, -0.1) is 11.8 Å². The largest absolute Gasteiger partial charge is 0.382 e. The highest BCUT2D eigenvalue weighted by atomic mass is 32.2. The number of thioether (sulfide) groups is 1. The molecule has 0 amide bonds. The van der Waals surface area contributed by atoms with Crippen LogP contribution < -0.4 is 0 Å². The van der Waals surface area contributed by atoms with Crippen LogP contribution in [0.2, 0.25) is 0 Å². The monoisotopic (exact) mass is 142 g/mol. The first-order valence-electron chi connectivity index (χ1n) is 2.53. The first-order valence-corrected chi connectivity index (χ1v) is 3.75. The summed E-state index contributed by atoms with van der Waals surface area (Å²) in [5.74, 6) is 0. The summed E-state index contributed by atoms with van der Waals surface area (Å²) >= 11 is 1.46. The molecule has 50 valence electrons. The maximum Gasteiger partial charge on any atom is 0.108 e. The Balaban J connectivity index is 3.96. The van der Waals surface area contributed by atoms with Gasteiger partial charge in [0.25, 0.3) is 0 Å². The second-order valence-corrected chi connectivity index (χ2v) is 2.62. The van der Waals surface area contributed by atoms with Crippen molar-refractivity contribution in [2.45, 2.75) is 0 Å². The van der Waals surface area contributed by atoms with Crippen molar-refractivity contribution in [3.63, 3.8) is 0 Å². The Labute approximate surface area is 60.1 Å². The van der Waals surface area contributed by atoms with E-state index in [1.165, 1.54) is 11.8 Å². The fraction of sp³-hybridized carbons (Fsp3) is 0.500. The van der Waals surface area contributed by atoms with Gasteiger partial charge in [0.05, 0.1) is 0 Å². The first kappa shape index (κ1) is 8.38. The molecule has 0 unspecified atom stereocenters. The molecule has 0 aliphatic rings. The van der Waals surface area contributed by atoms with E-state index >= 15 is 0 Å². The van der Waals surface area contributed by atoms with Crippen molar-refractivity contribution in [2.75, 3.05) is 20.4 Å². The molecule has 0 saturated heterocycles. The van der Waals surface area contributed by atoms with E-state index < -0.39 is 0 Å². The van der Waals surface area contributed by atoms with Crippen molar-refractivity contribution in [1.82, 2.24) is 4.90 Å². The average molecular weight is 142 g/mol. The van der Waals surface area contributed by atoms with E-state index in [-0.39, 0.29) is 0 Å². The zero-order chi connectivity index (χ0) is 7.28. The van der Waals surface area contributed by atoms with Gasteiger partial charge in [0, 0.05) is 20.3 Å². The number of hydrogen-bond acceptors (Lipinski definition) is 3. The molecule has 0 aliphatic carbocycles. The van der Waals surface area contributed by atoms with Crippen molar-refractivity contribution in [1.29, 1.82) is 5.26 Å². The van der Waals surface area contributed by atoms with Crippen LogP contribution in [-0.4, -0.2) is 25.3 Å². The van der Waals surface area contributed by atoms with Crippen LogP contribution in [0.25, 0.3) is 0 Å². The van der Waals surface area contributed by atoms with Crippen LogP contribution >= 0.6 is 11.8 Å². The minimum atomic E-state index is 0.736. The van der Waals surface area contributed by atoms with E-state index in [1.807, 2.05) is 25.3 Å². The molecule has 0 atom stereocenters. The Morgan fingerprint density at radius 2 is 2.22 bits per heavy atom. The summed E-state index contributed by atoms with van der Waals surface area (Å²) in [6.45, 7) is 0. The van der Waals surface area contributed by atoms with Crippen molar-refractivity contribution >= 4 is 11.8 Å². The third-order valence-electron chi connectivity index (χ3n) is 0.706. The van der Waals surface area contributed by atoms with Crippen LogP contribution in [0.15, 0.2) is 11.1 Å². The van der Waals surface area contributed by atoms with E-state index in [0.717, 1.165) is 4.91 Å². The van der Waals surface area contributed by atoms with Crippen LogP contribution in [0.1, 0.15) is 0 Å². The van der Waals surface area contributed by atoms with Crippen LogP contribution in [0, 0.1) is 11.3 Å². The molecule has 0 spiro atoms. The molecular weight excluding hydrogens is 132 g/mol. The highest BCUT2D eigenvalue weighted by molar-refractivity contribution is 8.02. The van der Waals surface area contributed by atoms with Gasteiger partial charge in [-0.25, -0.2) is 0 Å². The molecule has 0 aromatic carbocycles. The maximum atomic E-state index is 8.41. The van der Waals surface area contributed by atoms with E-state index in [4.69, 9.17) is 5.26 Å². The van der Waals surface area contributed by atoms with Gasteiger partial charge in [-0.3, -0.25) is 0 Å². The zero-order valence-electron chi connectivity index (χ0n) is 5.88. The van der Waals surface area contributed by atoms with Gasteiger partial charge in [-0.1, -0.05) is 0 Å². The van der Waals surface area contributed by atoms with Crippen molar-refractivity contribution in [3.05, 3.63) is 11.1 Å². The molecule has 3 heteroatoms. The predicted octanol–water partition coefficient (Wildman–Crippen LogP) is 1.28. The molecule has 0 bridgehead atoms. The molecule has 0 heterocycles. The third kappa shape index (κ3) is 3.92. The van der Waals surface area contributed by atoms with Crippen LogP contribution in [0.5, 0.6) is 0 Å². The molecule has 0 radical (unpaired) electrons. The Hall–Kier alpha value is -0.620. The van der Waals surface area contributed by atoms with Crippen LogP contribution in [-0.2, 0) is 0 Å². The summed E-state index contributed by atoms with van der Waals surface area (Å²) in [4.78, 5) is 2.59. The van der Waals surface area contributed by atoms with Gasteiger partial charge < -0.3 is 4.90 Å². The molecule has 9 heavy (non-hydrogen) atoms. The number of nitrogens with zero attached hydrogens (tertiary/aromatic N) is 2. The molecule has 0 N–H and O–H groups in total. The molecule has 0 aliphatic heterocycles. The smallest absolute Gasteiger partial charge is 0.108 e. The molecule has 0 rings (SSSR count). The second kappa shape index (κ2) is 4.28. The van der Waals surface area contributed by atoms with E-state index in [2.05, 4.69) is 6.07 Å². The van der Waals surface area contributed by atoms with E-state index in [1.54, 1.807) is 6.20 Å². The maximum absolute atomic E-state index is 8.41. The summed E-state index contributed by atoms with van der Waals surface area (Å²) in [6.07, 6.45) is 3.68. The average Bonchev–Trinajstić information content (AvgIpc) is 1.82. The SMILES string of the molecule is CS/C(C#N)=C\N(C)C. The molecule has 0 saturated carbocycles. The highest BCUT2D eigenvalue weighted by Gasteiger charge is 1.89. The summed E-state index contributed by atoms with van der Waals surface area (Å²) in [6, 6.07) is 2.07. The quantitative estimate of drug-likeness (QED) is 0.543. The van der Waals surface area contributed by atoms with Gasteiger partial charge in [0.1, 0.15) is 11.0 Å². The number of rotatable bonds is 2. The summed E-state index contributed by atoms with van der Waals surface area (Å²) < 4.78 is 0. The molecule has 2 nitrogen and oxygen atoms in total. The van der Waals surface area contributed by atoms with Crippen molar-refractivity contribution in [3.8, 4) is 6.07 Å².